The molecule has 0 radical (unpaired) electrons. The molecule has 2 saturated carbocycles. The molecule has 2 fully saturated rings. The first-order valence-corrected chi connectivity index (χ1v) is 7.76. The van der Waals surface area contributed by atoms with Crippen LogP contribution in [-0.4, -0.2) is 25.0 Å². The van der Waals surface area contributed by atoms with Gasteiger partial charge in [0, 0.05) is 6.04 Å². The Morgan fingerprint density at radius 3 is 2.39 bits per heavy atom. The van der Waals surface area contributed by atoms with Gasteiger partial charge in [0.05, 0.1) is 6.54 Å². The third-order valence-corrected chi connectivity index (χ3v) is 4.40. The minimum atomic E-state index is 0.185. The zero-order chi connectivity index (χ0) is 12.8. The maximum atomic E-state index is 11.8. The molecule has 0 aromatic heterocycles. The normalized spacial score (nSPS) is 23.4. The summed E-state index contributed by atoms with van der Waals surface area (Å²) in [6, 6.07) is 0.433. The van der Waals surface area contributed by atoms with Crippen molar-refractivity contribution in [3.63, 3.8) is 0 Å². The number of hydrogen-bond acceptors (Lipinski definition) is 2. The molecule has 2 aliphatic rings. The van der Waals surface area contributed by atoms with E-state index in [1.807, 2.05) is 0 Å². The monoisotopic (exact) mass is 252 g/mol. The minimum absolute atomic E-state index is 0.185. The molecule has 1 unspecified atom stereocenters. The molecule has 2 aliphatic carbocycles. The van der Waals surface area contributed by atoms with E-state index in [-0.39, 0.29) is 5.91 Å². The highest BCUT2D eigenvalue weighted by atomic mass is 16.1. The van der Waals surface area contributed by atoms with E-state index in [1.165, 1.54) is 51.4 Å². The van der Waals surface area contributed by atoms with Crippen LogP contribution in [0.5, 0.6) is 0 Å². The standard InChI is InChI=1S/C15H28N2O/c1-12(13-8-9-13)10-16-11-15(18)17-14-6-4-2-3-5-7-14/h12-14,16H,2-11H2,1H3,(H,17,18). The third-order valence-electron chi connectivity index (χ3n) is 4.40. The lowest BCUT2D eigenvalue weighted by atomic mass is 10.1. The van der Waals surface area contributed by atoms with Crippen molar-refractivity contribution in [2.45, 2.75) is 64.3 Å². The van der Waals surface area contributed by atoms with Crippen molar-refractivity contribution in [2.75, 3.05) is 13.1 Å². The summed E-state index contributed by atoms with van der Waals surface area (Å²) in [6.07, 6.45) is 10.3. The SMILES string of the molecule is CC(CNCC(=O)NC1CCCCCC1)C1CC1. The Bertz CT molecular complexity index is 255. The Labute approximate surface area is 111 Å². The van der Waals surface area contributed by atoms with Crippen LogP contribution in [0.2, 0.25) is 0 Å². The van der Waals surface area contributed by atoms with Crippen molar-refractivity contribution in [2.24, 2.45) is 11.8 Å². The molecular formula is C15H28N2O. The van der Waals surface area contributed by atoms with Crippen LogP contribution >= 0.6 is 0 Å². The fourth-order valence-electron chi connectivity index (χ4n) is 2.95. The Balaban J connectivity index is 1.55. The number of rotatable bonds is 6. The maximum Gasteiger partial charge on any atom is 0.234 e. The lowest BCUT2D eigenvalue weighted by Crippen LogP contribution is -2.41. The Morgan fingerprint density at radius 2 is 1.78 bits per heavy atom. The van der Waals surface area contributed by atoms with Gasteiger partial charge in [-0.1, -0.05) is 32.6 Å². The van der Waals surface area contributed by atoms with E-state index < -0.39 is 0 Å². The van der Waals surface area contributed by atoms with Gasteiger partial charge in [-0.05, 0) is 44.1 Å². The molecule has 0 aliphatic heterocycles. The van der Waals surface area contributed by atoms with Crippen LogP contribution < -0.4 is 10.6 Å². The first-order chi connectivity index (χ1) is 8.75. The van der Waals surface area contributed by atoms with Gasteiger partial charge in [0.15, 0.2) is 0 Å². The lowest BCUT2D eigenvalue weighted by molar-refractivity contribution is -0.121. The average Bonchev–Trinajstić information content (AvgIpc) is 3.16. The van der Waals surface area contributed by atoms with E-state index in [2.05, 4.69) is 17.6 Å². The fraction of sp³-hybridized carbons (Fsp3) is 0.933. The molecule has 0 saturated heterocycles. The topological polar surface area (TPSA) is 41.1 Å². The van der Waals surface area contributed by atoms with Gasteiger partial charge < -0.3 is 10.6 Å². The summed E-state index contributed by atoms with van der Waals surface area (Å²) >= 11 is 0. The summed E-state index contributed by atoms with van der Waals surface area (Å²) in [5.41, 5.74) is 0. The molecule has 1 atom stereocenters. The van der Waals surface area contributed by atoms with E-state index in [4.69, 9.17) is 0 Å². The number of hydrogen-bond donors (Lipinski definition) is 2. The van der Waals surface area contributed by atoms with Crippen LogP contribution in [0, 0.1) is 11.8 Å². The molecule has 0 aromatic carbocycles. The fourth-order valence-corrected chi connectivity index (χ4v) is 2.95. The second-order valence-electron chi connectivity index (χ2n) is 6.20. The molecule has 2 N–H and O–H groups in total. The minimum Gasteiger partial charge on any atom is -0.352 e. The summed E-state index contributed by atoms with van der Waals surface area (Å²) in [5.74, 6) is 1.84. The molecule has 3 heteroatoms. The van der Waals surface area contributed by atoms with Gasteiger partial charge in [-0.2, -0.15) is 0 Å². The smallest absolute Gasteiger partial charge is 0.234 e. The van der Waals surface area contributed by atoms with Crippen molar-refractivity contribution < 1.29 is 4.79 Å². The Hall–Kier alpha value is -0.570. The van der Waals surface area contributed by atoms with Gasteiger partial charge >= 0.3 is 0 Å². The van der Waals surface area contributed by atoms with Gasteiger partial charge in [-0.3, -0.25) is 4.79 Å². The lowest BCUT2D eigenvalue weighted by Gasteiger charge is -2.17. The number of amides is 1. The Kier molecular flexibility index (Phi) is 5.48. The van der Waals surface area contributed by atoms with Crippen LogP contribution in [-0.2, 0) is 4.79 Å². The third kappa shape index (κ3) is 4.97. The van der Waals surface area contributed by atoms with Crippen LogP contribution in [0.1, 0.15) is 58.3 Å². The van der Waals surface area contributed by atoms with Crippen molar-refractivity contribution in [1.29, 1.82) is 0 Å². The highest BCUT2D eigenvalue weighted by Gasteiger charge is 2.27. The first kappa shape index (κ1) is 13.9. The van der Waals surface area contributed by atoms with Crippen molar-refractivity contribution >= 4 is 5.91 Å². The zero-order valence-electron chi connectivity index (χ0n) is 11.7. The van der Waals surface area contributed by atoms with Crippen molar-refractivity contribution in [3.8, 4) is 0 Å². The van der Waals surface area contributed by atoms with Crippen molar-refractivity contribution in [1.82, 2.24) is 10.6 Å². The Morgan fingerprint density at radius 1 is 1.11 bits per heavy atom. The molecule has 18 heavy (non-hydrogen) atoms. The molecule has 104 valence electrons. The summed E-state index contributed by atoms with van der Waals surface area (Å²) < 4.78 is 0. The molecule has 0 spiro atoms. The van der Waals surface area contributed by atoms with Crippen LogP contribution in [0.25, 0.3) is 0 Å². The van der Waals surface area contributed by atoms with Gasteiger partial charge in [0.25, 0.3) is 0 Å². The van der Waals surface area contributed by atoms with E-state index in [0.29, 0.717) is 12.6 Å². The largest absolute Gasteiger partial charge is 0.352 e. The molecule has 0 aromatic rings. The summed E-state index contributed by atoms with van der Waals surface area (Å²) in [5, 5.41) is 6.48. The number of nitrogens with one attached hydrogen (secondary N) is 2. The van der Waals surface area contributed by atoms with Gasteiger partial charge in [-0.25, -0.2) is 0 Å². The number of carbonyl (C=O) groups is 1. The average molecular weight is 252 g/mol. The van der Waals surface area contributed by atoms with Gasteiger partial charge in [-0.15, -0.1) is 0 Å². The first-order valence-electron chi connectivity index (χ1n) is 7.76. The number of carbonyl (C=O) groups excluding carboxylic acids is 1. The van der Waals surface area contributed by atoms with Crippen LogP contribution in [0.4, 0.5) is 0 Å². The second-order valence-corrected chi connectivity index (χ2v) is 6.20. The van der Waals surface area contributed by atoms with Crippen LogP contribution in [0.3, 0.4) is 0 Å². The summed E-state index contributed by atoms with van der Waals surface area (Å²) in [6.45, 7) is 3.77. The van der Waals surface area contributed by atoms with E-state index in [1.54, 1.807) is 0 Å². The summed E-state index contributed by atoms with van der Waals surface area (Å²) in [4.78, 5) is 11.8. The highest BCUT2D eigenvalue weighted by molar-refractivity contribution is 5.78. The van der Waals surface area contributed by atoms with Crippen LogP contribution in [0.15, 0.2) is 0 Å². The molecular weight excluding hydrogens is 224 g/mol. The van der Waals surface area contributed by atoms with E-state index in [9.17, 15) is 4.79 Å². The quantitative estimate of drug-likeness (QED) is 0.713. The maximum absolute atomic E-state index is 11.8. The molecule has 0 heterocycles. The van der Waals surface area contributed by atoms with Gasteiger partial charge in [0.1, 0.15) is 0 Å². The van der Waals surface area contributed by atoms with Gasteiger partial charge in [0.2, 0.25) is 5.91 Å². The molecule has 0 bridgehead atoms. The summed E-state index contributed by atoms with van der Waals surface area (Å²) in [7, 11) is 0. The molecule has 1 amide bonds. The predicted octanol–water partition coefficient (Wildman–Crippen LogP) is 2.46. The van der Waals surface area contributed by atoms with E-state index >= 15 is 0 Å². The highest BCUT2D eigenvalue weighted by Crippen LogP contribution is 2.35. The second kappa shape index (κ2) is 7.13. The predicted molar refractivity (Wildman–Crippen MR) is 74.4 cm³/mol. The zero-order valence-corrected chi connectivity index (χ0v) is 11.7. The molecule has 2 rings (SSSR count). The van der Waals surface area contributed by atoms with E-state index in [0.717, 1.165) is 18.4 Å². The van der Waals surface area contributed by atoms with Crippen molar-refractivity contribution in [3.05, 3.63) is 0 Å². The molecule has 3 nitrogen and oxygen atoms in total.